The van der Waals surface area contributed by atoms with Crippen molar-refractivity contribution in [3.8, 4) is 0 Å². The SMILES string of the molecule is COC1C(CN2O[C@@H](CO)[C@H]([C@H](C)O)[C@H]2C(=O)N[C@H]2C[C@H]3C[C@@H]([C@@H]2C)C3(C)C)CCCC1C1CC(C(=O)N(C)C)CC(N(C)C)C1. The van der Waals surface area contributed by atoms with Crippen molar-refractivity contribution in [3.05, 3.63) is 0 Å². The van der Waals surface area contributed by atoms with E-state index in [1.54, 1.807) is 24.0 Å². The molecule has 6 rings (SSSR count). The summed E-state index contributed by atoms with van der Waals surface area (Å²) in [4.78, 5) is 37.7. The maximum Gasteiger partial charge on any atom is 0.240 e. The second kappa shape index (κ2) is 14.3. The van der Waals surface area contributed by atoms with Crippen LogP contribution in [0.1, 0.15) is 79.1 Å². The maximum absolute atomic E-state index is 14.2. The average Bonchev–Trinajstić information content (AvgIpc) is 3.39. The Morgan fingerprint density at radius 3 is 2.37 bits per heavy atom. The predicted molar refractivity (Wildman–Crippen MR) is 177 cm³/mol. The monoisotopic (exact) mass is 648 g/mol. The van der Waals surface area contributed by atoms with Gasteiger partial charge in [-0.2, -0.15) is 5.06 Å². The fraction of sp³-hybridized carbons (Fsp3) is 0.944. The third-order valence-electron chi connectivity index (χ3n) is 13.6. The number of carbonyl (C=O) groups is 2. The molecule has 5 saturated carbocycles. The number of nitrogens with zero attached hydrogens (tertiary/aromatic N) is 3. The lowest BCUT2D eigenvalue weighted by molar-refractivity contribution is -0.193. The average molecular weight is 649 g/mol. The van der Waals surface area contributed by atoms with E-state index in [1.165, 1.54) is 6.42 Å². The molecule has 6 aliphatic rings. The lowest BCUT2D eigenvalue weighted by Gasteiger charge is -2.62. The highest BCUT2D eigenvalue weighted by atomic mass is 16.7. The molecule has 0 aromatic heterocycles. The zero-order chi connectivity index (χ0) is 33.7. The third kappa shape index (κ3) is 6.77. The minimum absolute atomic E-state index is 0.00456. The van der Waals surface area contributed by atoms with Crippen LogP contribution in [-0.4, -0.2) is 122 Å². The van der Waals surface area contributed by atoms with Gasteiger partial charge in [0.1, 0.15) is 12.1 Å². The summed E-state index contributed by atoms with van der Waals surface area (Å²) in [5.74, 6) is 1.97. The van der Waals surface area contributed by atoms with E-state index < -0.39 is 24.2 Å². The van der Waals surface area contributed by atoms with Crippen LogP contribution >= 0.6 is 0 Å². The number of methoxy groups -OCH3 is 1. The molecule has 3 N–H and O–H groups in total. The summed E-state index contributed by atoms with van der Waals surface area (Å²) < 4.78 is 6.32. The van der Waals surface area contributed by atoms with E-state index in [-0.39, 0.29) is 42.4 Å². The van der Waals surface area contributed by atoms with Crippen molar-refractivity contribution in [3.63, 3.8) is 0 Å². The zero-order valence-electron chi connectivity index (χ0n) is 30.0. The first-order valence-corrected chi connectivity index (χ1v) is 18.1. The smallest absolute Gasteiger partial charge is 0.240 e. The molecule has 10 nitrogen and oxygen atoms in total. The number of fused-ring (bicyclic) bond motifs is 2. The van der Waals surface area contributed by atoms with Gasteiger partial charge < -0.3 is 30.1 Å². The number of ether oxygens (including phenoxy) is 1. The summed E-state index contributed by atoms with van der Waals surface area (Å²) >= 11 is 0. The minimum Gasteiger partial charge on any atom is -0.394 e. The minimum atomic E-state index is -0.817. The first kappa shape index (κ1) is 36.0. The Morgan fingerprint density at radius 2 is 1.80 bits per heavy atom. The summed E-state index contributed by atoms with van der Waals surface area (Å²) in [5.41, 5.74) is 0.324. The number of hydroxylamine groups is 2. The molecule has 46 heavy (non-hydrogen) atoms. The number of rotatable bonds is 10. The maximum atomic E-state index is 14.2. The summed E-state index contributed by atoms with van der Waals surface area (Å²) in [6.45, 7) is 8.93. The van der Waals surface area contributed by atoms with Gasteiger partial charge in [-0.1, -0.05) is 27.2 Å². The Bertz CT molecular complexity index is 1070. The molecular formula is C36H64N4O6. The van der Waals surface area contributed by atoms with Gasteiger partial charge in [-0.25, -0.2) is 0 Å². The fourth-order valence-corrected chi connectivity index (χ4v) is 10.8. The van der Waals surface area contributed by atoms with Gasteiger partial charge in [0.25, 0.3) is 0 Å². The Morgan fingerprint density at radius 1 is 1.09 bits per heavy atom. The van der Waals surface area contributed by atoms with Crippen LogP contribution < -0.4 is 5.32 Å². The van der Waals surface area contributed by atoms with Gasteiger partial charge in [0.2, 0.25) is 11.8 Å². The molecule has 2 amide bonds. The van der Waals surface area contributed by atoms with E-state index >= 15 is 0 Å². The van der Waals surface area contributed by atoms with Crippen molar-refractivity contribution in [1.82, 2.24) is 20.2 Å². The summed E-state index contributed by atoms with van der Waals surface area (Å²) in [6, 6.07) is -0.242. The van der Waals surface area contributed by atoms with E-state index in [0.29, 0.717) is 47.6 Å². The van der Waals surface area contributed by atoms with Crippen molar-refractivity contribution >= 4 is 11.8 Å². The van der Waals surface area contributed by atoms with Crippen molar-refractivity contribution in [2.45, 2.75) is 115 Å². The third-order valence-corrected chi connectivity index (χ3v) is 13.6. The van der Waals surface area contributed by atoms with Crippen LogP contribution in [0, 0.1) is 52.8 Å². The molecule has 6 fully saturated rings. The van der Waals surface area contributed by atoms with E-state index in [0.717, 1.165) is 44.9 Å². The molecule has 0 aromatic rings. The van der Waals surface area contributed by atoms with Crippen LogP contribution in [0.15, 0.2) is 0 Å². The van der Waals surface area contributed by atoms with Gasteiger partial charge in [-0.3, -0.25) is 14.4 Å². The molecule has 1 saturated heterocycles. The predicted octanol–water partition coefficient (Wildman–Crippen LogP) is 3.01. The Kier molecular flexibility index (Phi) is 11.2. The van der Waals surface area contributed by atoms with E-state index in [4.69, 9.17) is 9.57 Å². The van der Waals surface area contributed by atoms with Gasteiger partial charge in [-0.05, 0) is 101 Å². The number of aliphatic hydroxyl groups excluding tert-OH is 2. The van der Waals surface area contributed by atoms with Crippen molar-refractivity contribution in [2.75, 3.05) is 48.5 Å². The van der Waals surface area contributed by atoms with Gasteiger partial charge in [0.05, 0.1) is 18.8 Å². The Labute approximate surface area is 277 Å². The van der Waals surface area contributed by atoms with E-state index in [1.807, 2.05) is 14.1 Å². The Hall–Kier alpha value is -1.30. The number of nitrogens with one attached hydrogen (secondary N) is 1. The molecule has 2 bridgehead atoms. The van der Waals surface area contributed by atoms with Crippen LogP contribution in [0.5, 0.6) is 0 Å². The molecule has 0 radical (unpaired) electrons. The highest BCUT2D eigenvalue weighted by molar-refractivity contribution is 5.83. The van der Waals surface area contributed by atoms with Crippen molar-refractivity contribution in [1.29, 1.82) is 0 Å². The fourth-order valence-electron chi connectivity index (χ4n) is 10.8. The highest BCUT2D eigenvalue weighted by Crippen LogP contribution is 2.61. The molecule has 264 valence electrons. The van der Waals surface area contributed by atoms with E-state index in [2.05, 4.69) is 45.1 Å². The largest absolute Gasteiger partial charge is 0.394 e. The molecule has 0 aromatic carbocycles. The molecule has 5 aliphatic carbocycles. The van der Waals surface area contributed by atoms with Crippen LogP contribution in [0.2, 0.25) is 0 Å². The molecule has 1 aliphatic heterocycles. The molecule has 14 atom stereocenters. The van der Waals surface area contributed by atoms with Gasteiger partial charge in [0.15, 0.2) is 0 Å². The second-order valence-electron chi connectivity index (χ2n) is 16.8. The van der Waals surface area contributed by atoms with E-state index in [9.17, 15) is 19.8 Å². The molecule has 10 heteroatoms. The standard InChI is InChI=1S/C36H64N4O6/c1-20-28-16-25(36(28,3)4)17-29(20)37-34(43)32-31(21(2)42)30(19-41)46-40(32)18-22-11-10-12-27(33(22)45-9)23-13-24(35(44)39(7)8)15-26(14-23)38(5)6/h20-33,41-42H,10-19H2,1-9H3,(H,37,43)/t20-,21-,22?,23?,24?,25+,26?,27?,28-,29-,30-,31-,32-,33?/m0/s1. The number of amides is 2. The topological polar surface area (TPSA) is 115 Å². The van der Waals surface area contributed by atoms with Crippen LogP contribution in [0.3, 0.4) is 0 Å². The second-order valence-corrected chi connectivity index (χ2v) is 16.8. The summed E-state index contributed by atoms with van der Waals surface area (Å²) in [6.07, 6.45) is 6.58. The lowest BCUT2D eigenvalue weighted by Crippen LogP contribution is -2.62. The van der Waals surface area contributed by atoms with Gasteiger partial charge in [0, 0.05) is 57.6 Å². The number of hydrogen-bond donors (Lipinski definition) is 3. The van der Waals surface area contributed by atoms with Gasteiger partial charge in [-0.15, -0.1) is 0 Å². The molecular weight excluding hydrogens is 584 g/mol. The van der Waals surface area contributed by atoms with Crippen molar-refractivity contribution < 1.29 is 29.4 Å². The van der Waals surface area contributed by atoms with Crippen LogP contribution in [0.25, 0.3) is 0 Å². The lowest BCUT2D eigenvalue weighted by atomic mass is 9.45. The molecule has 1 heterocycles. The first-order chi connectivity index (χ1) is 21.7. The number of aliphatic hydroxyl groups is 2. The van der Waals surface area contributed by atoms with Crippen molar-refractivity contribution in [2.24, 2.45) is 52.8 Å². The molecule has 6 unspecified atom stereocenters. The van der Waals surface area contributed by atoms with Gasteiger partial charge >= 0.3 is 0 Å². The molecule has 0 spiro atoms. The van der Waals surface area contributed by atoms with Crippen LogP contribution in [-0.2, 0) is 19.2 Å². The first-order valence-electron chi connectivity index (χ1n) is 18.1. The summed E-state index contributed by atoms with van der Waals surface area (Å²) in [5, 5.41) is 26.4. The summed E-state index contributed by atoms with van der Waals surface area (Å²) in [7, 11) is 9.74. The quantitative estimate of drug-likeness (QED) is 0.332. The highest BCUT2D eigenvalue weighted by Gasteiger charge is 2.58. The number of carbonyl (C=O) groups excluding carboxylic acids is 2. The van der Waals surface area contributed by atoms with Crippen LogP contribution in [0.4, 0.5) is 0 Å². The zero-order valence-corrected chi connectivity index (χ0v) is 30.0. The normalized spacial score (nSPS) is 43.2. The Balaban J connectivity index is 1.33. The number of hydrogen-bond acceptors (Lipinski definition) is 8.